The lowest BCUT2D eigenvalue weighted by Gasteiger charge is -1.89. The van der Waals surface area contributed by atoms with E-state index in [0.29, 0.717) is 0 Å². The molecular weight excluding hydrogens is 260 g/mol. The highest BCUT2D eigenvalue weighted by molar-refractivity contribution is 7.71. The predicted molar refractivity (Wildman–Crippen MR) is 64.3 cm³/mol. The molecule has 2 heterocycles. The maximum absolute atomic E-state index is 11.4. The maximum atomic E-state index is 11.4. The number of nitrogens with zero attached hydrogens (tertiary/aromatic N) is 2. The van der Waals surface area contributed by atoms with Crippen LogP contribution in [-0.4, -0.2) is 20.1 Å². The zero-order chi connectivity index (χ0) is 13.1. The first-order valence-corrected chi connectivity index (χ1v) is 5.08. The third-order valence-electron chi connectivity index (χ3n) is 1.94. The molecule has 2 aromatic heterocycles. The molecular formula is C9H6N4O4S. The molecule has 0 amide bonds. The maximum Gasteiger partial charge on any atom is 0.433 e. The molecule has 0 bridgehead atoms. The third kappa shape index (κ3) is 2.58. The van der Waals surface area contributed by atoms with E-state index < -0.39 is 10.5 Å². The van der Waals surface area contributed by atoms with Crippen LogP contribution in [0.4, 0.5) is 5.88 Å². The van der Waals surface area contributed by atoms with Crippen molar-refractivity contribution >= 4 is 30.3 Å². The van der Waals surface area contributed by atoms with Gasteiger partial charge in [0.05, 0.1) is 6.07 Å². The van der Waals surface area contributed by atoms with Crippen LogP contribution >= 0.6 is 12.2 Å². The molecule has 0 atom stereocenters. The summed E-state index contributed by atoms with van der Waals surface area (Å²) >= 11 is 4.68. The first-order valence-electron chi connectivity index (χ1n) is 4.67. The number of nitro groups is 1. The summed E-state index contributed by atoms with van der Waals surface area (Å²) in [4.78, 5) is 23.5. The Morgan fingerprint density at radius 2 is 2.22 bits per heavy atom. The van der Waals surface area contributed by atoms with E-state index >= 15 is 0 Å². The Bertz CT molecular complexity index is 726. The zero-order valence-electron chi connectivity index (χ0n) is 8.75. The fraction of sp³-hybridized carbons (Fsp3) is 0. The number of H-pyrrole nitrogens is 2. The summed E-state index contributed by atoms with van der Waals surface area (Å²) in [5.74, 6) is -0.130. The summed E-state index contributed by atoms with van der Waals surface area (Å²) in [5, 5.41) is 16.5. The number of aromatic amines is 2. The molecule has 92 valence electrons. The van der Waals surface area contributed by atoms with E-state index in [4.69, 9.17) is 4.42 Å². The highest BCUT2D eigenvalue weighted by Crippen LogP contribution is 2.16. The summed E-state index contributed by atoms with van der Waals surface area (Å²) < 4.78 is 4.99. The monoisotopic (exact) mass is 266 g/mol. The SMILES string of the molecule is O=c1[nH]c(=S)[nH]nc1/C=C/c1ccc([N+](=O)[O-])o1. The van der Waals surface area contributed by atoms with Crippen molar-refractivity contribution in [2.75, 3.05) is 0 Å². The van der Waals surface area contributed by atoms with Crippen LogP contribution in [0.5, 0.6) is 0 Å². The van der Waals surface area contributed by atoms with Gasteiger partial charge in [0, 0.05) is 0 Å². The lowest BCUT2D eigenvalue weighted by molar-refractivity contribution is -0.402. The molecule has 0 saturated heterocycles. The van der Waals surface area contributed by atoms with E-state index in [1.807, 2.05) is 0 Å². The van der Waals surface area contributed by atoms with Gasteiger partial charge in [-0.05, 0) is 30.4 Å². The second-order valence-electron chi connectivity index (χ2n) is 3.16. The molecule has 0 aliphatic carbocycles. The van der Waals surface area contributed by atoms with Gasteiger partial charge in [-0.3, -0.25) is 25.0 Å². The van der Waals surface area contributed by atoms with Crippen LogP contribution in [0.25, 0.3) is 12.2 Å². The zero-order valence-corrected chi connectivity index (χ0v) is 9.56. The van der Waals surface area contributed by atoms with E-state index in [1.54, 1.807) is 0 Å². The molecule has 0 aromatic carbocycles. The molecule has 0 aliphatic rings. The van der Waals surface area contributed by atoms with Gasteiger partial charge in [-0.2, -0.15) is 5.10 Å². The Labute approximate surface area is 104 Å². The van der Waals surface area contributed by atoms with E-state index in [-0.39, 0.29) is 22.1 Å². The van der Waals surface area contributed by atoms with Crippen molar-refractivity contribution in [3.05, 3.63) is 48.8 Å². The first-order chi connectivity index (χ1) is 8.56. The average molecular weight is 266 g/mol. The topological polar surface area (TPSA) is 118 Å². The Morgan fingerprint density at radius 3 is 2.83 bits per heavy atom. The summed E-state index contributed by atoms with van der Waals surface area (Å²) in [5.41, 5.74) is -0.376. The van der Waals surface area contributed by atoms with E-state index in [0.717, 1.165) is 0 Å². The van der Waals surface area contributed by atoms with Crippen LogP contribution in [0.1, 0.15) is 11.5 Å². The van der Waals surface area contributed by atoms with Gasteiger partial charge < -0.3 is 4.42 Å². The van der Waals surface area contributed by atoms with Crippen molar-refractivity contribution in [1.29, 1.82) is 0 Å². The molecule has 2 N–H and O–H groups in total. The number of aromatic nitrogens is 3. The van der Waals surface area contributed by atoms with Gasteiger partial charge >= 0.3 is 5.88 Å². The van der Waals surface area contributed by atoms with Crippen molar-refractivity contribution in [1.82, 2.24) is 15.2 Å². The molecule has 18 heavy (non-hydrogen) atoms. The van der Waals surface area contributed by atoms with Crippen LogP contribution in [0.2, 0.25) is 0 Å². The number of hydrogen-bond donors (Lipinski definition) is 2. The van der Waals surface area contributed by atoms with Crippen molar-refractivity contribution < 1.29 is 9.34 Å². The average Bonchev–Trinajstić information content (AvgIpc) is 2.76. The Balaban J connectivity index is 2.27. The van der Waals surface area contributed by atoms with Crippen molar-refractivity contribution in [2.24, 2.45) is 0 Å². The van der Waals surface area contributed by atoms with Gasteiger partial charge in [0.25, 0.3) is 5.56 Å². The van der Waals surface area contributed by atoms with Gasteiger partial charge in [-0.1, -0.05) is 0 Å². The third-order valence-corrected chi connectivity index (χ3v) is 2.13. The normalized spacial score (nSPS) is 10.9. The summed E-state index contributed by atoms with van der Waals surface area (Å²) in [7, 11) is 0. The number of nitrogens with one attached hydrogen (secondary N) is 2. The molecule has 2 aromatic rings. The van der Waals surface area contributed by atoms with Crippen LogP contribution in [0.15, 0.2) is 21.3 Å². The van der Waals surface area contributed by atoms with E-state index in [1.165, 1.54) is 24.3 Å². The fourth-order valence-corrected chi connectivity index (χ4v) is 1.30. The van der Waals surface area contributed by atoms with Gasteiger partial charge in [0.2, 0.25) is 0 Å². The van der Waals surface area contributed by atoms with Crippen molar-refractivity contribution in [3.63, 3.8) is 0 Å². The smallest absolute Gasteiger partial charge is 0.401 e. The number of rotatable bonds is 3. The minimum Gasteiger partial charge on any atom is -0.401 e. The van der Waals surface area contributed by atoms with E-state index in [9.17, 15) is 14.9 Å². The van der Waals surface area contributed by atoms with Crippen molar-refractivity contribution in [3.8, 4) is 0 Å². The van der Waals surface area contributed by atoms with Gasteiger partial charge in [-0.25, -0.2) is 0 Å². The minimum atomic E-state index is -0.651. The molecule has 9 heteroatoms. The minimum absolute atomic E-state index is 0.0858. The first kappa shape index (κ1) is 11.9. The molecule has 0 aliphatic heterocycles. The highest BCUT2D eigenvalue weighted by Gasteiger charge is 2.09. The van der Waals surface area contributed by atoms with Crippen LogP contribution < -0.4 is 5.56 Å². The molecule has 0 fully saturated rings. The van der Waals surface area contributed by atoms with Gasteiger partial charge in [0.15, 0.2) is 4.77 Å². The second-order valence-corrected chi connectivity index (χ2v) is 3.57. The van der Waals surface area contributed by atoms with Crippen LogP contribution in [0.3, 0.4) is 0 Å². The van der Waals surface area contributed by atoms with E-state index in [2.05, 4.69) is 27.4 Å². The molecule has 0 radical (unpaired) electrons. The Morgan fingerprint density at radius 1 is 1.44 bits per heavy atom. The Hall–Kier alpha value is -2.55. The molecule has 0 spiro atoms. The van der Waals surface area contributed by atoms with Crippen LogP contribution in [0, 0.1) is 14.9 Å². The van der Waals surface area contributed by atoms with Gasteiger partial charge in [0.1, 0.15) is 16.4 Å². The number of furan rings is 1. The largest absolute Gasteiger partial charge is 0.433 e. The van der Waals surface area contributed by atoms with Crippen molar-refractivity contribution in [2.45, 2.75) is 0 Å². The Kier molecular flexibility index (Phi) is 3.15. The number of hydrogen-bond acceptors (Lipinski definition) is 6. The summed E-state index contributed by atoms with van der Waals surface area (Å²) in [6, 6.07) is 2.63. The lowest BCUT2D eigenvalue weighted by Crippen LogP contribution is -2.12. The molecule has 0 unspecified atom stereocenters. The predicted octanol–water partition coefficient (Wildman–Crippen LogP) is 1.50. The fourth-order valence-electron chi connectivity index (χ4n) is 1.16. The van der Waals surface area contributed by atoms with Gasteiger partial charge in [-0.15, -0.1) is 0 Å². The molecule has 0 saturated carbocycles. The lowest BCUT2D eigenvalue weighted by atomic mass is 10.3. The molecule has 2 rings (SSSR count). The second kappa shape index (κ2) is 4.75. The highest BCUT2D eigenvalue weighted by atomic mass is 32.1. The summed E-state index contributed by atoms with van der Waals surface area (Å²) in [6.45, 7) is 0. The molecule has 8 nitrogen and oxygen atoms in total. The quantitative estimate of drug-likeness (QED) is 0.493. The summed E-state index contributed by atoms with van der Waals surface area (Å²) in [6.07, 6.45) is 2.74. The van der Waals surface area contributed by atoms with Crippen LogP contribution in [-0.2, 0) is 0 Å². The standard InChI is InChI=1S/C9H6N4O4S/c14-8-6(11-12-9(18)10-8)3-1-5-2-4-7(17-5)13(15)16/h1-4H,(H2,10,12,14,18)/b3-1+.